The van der Waals surface area contributed by atoms with Crippen LogP contribution < -0.4 is 10.6 Å². The molecule has 1 aliphatic carbocycles. The van der Waals surface area contributed by atoms with Gasteiger partial charge in [0.1, 0.15) is 11.3 Å². The summed E-state index contributed by atoms with van der Waals surface area (Å²) in [6, 6.07) is 10.7. The van der Waals surface area contributed by atoms with E-state index in [1.165, 1.54) is 11.1 Å². The van der Waals surface area contributed by atoms with Gasteiger partial charge in [0.05, 0.1) is 17.5 Å². The Labute approximate surface area is 187 Å². The van der Waals surface area contributed by atoms with Crippen molar-refractivity contribution in [2.45, 2.75) is 38.1 Å². The third-order valence-corrected chi connectivity index (χ3v) is 6.40. The molecule has 0 saturated heterocycles. The first-order chi connectivity index (χ1) is 15.0. The van der Waals surface area contributed by atoms with Gasteiger partial charge in [-0.2, -0.15) is 8.42 Å². The molecule has 5 rings (SSSR count). The van der Waals surface area contributed by atoms with Crippen LogP contribution in [0.2, 0.25) is 0 Å². The summed E-state index contributed by atoms with van der Waals surface area (Å²) >= 11 is 0. The molecule has 0 fully saturated rings. The number of amides is 1. The van der Waals surface area contributed by atoms with Crippen molar-refractivity contribution in [3.63, 3.8) is 0 Å². The average molecular weight is 457 g/mol. The minimum Gasteiger partial charge on any atom is -0.377 e. The topological polar surface area (TPSA) is 113 Å². The predicted molar refractivity (Wildman–Crippen MR) is 125 cm³/mol. The number of aryl methyl sites for hydroxylation is 2. The highest BCUT2D eigenvalue weighted by Crippen LogP contribution is 2.44. The van der Waals surface area contributed by atoms with Crippen molar-refractivity contribution in [3.8, 4) is 0 Å². The smallest absolute Gasteiger partial charge is 0.261 e. The Morgan fingerprint density at radius 1 is 1.25 bits per heavy atom. The van der Waals surface area contributed by atoms with E-state index < -0.39 is 10.1 Å². The number of nitrogens with one attached hydrogen (secondary N) is 2. The Morgan fingerprint density at radius 2 is 1.84 bits per heavy atom. The molecule has 0 radical (unpaired) electrons. The van der Waals surface area contributed by atoms with Gasteiger partial charge >= 0.3 is 0 Å². The van der Waals surface area contributed by atoms with E-state index in [9.17, 15) is 13.2 Å². The Hall–Kier alpha value is -2.91. The molecule has 0 bridgehead atoms. The summed E-state index contributed by atoms with van der Waals surface area (Å²) in [4.78, 5) is 17.4. The lowest BCUT2D eigenvalue weighted by Gasteiger charge is -2.38. The van der Waals surface area contributed by atoms with Gasteiger partial charge in [0.25, 0.3) is 16.0 Å². The van der Waals surface area contributed by atoms with Gasteiger partial charge in [-0.05, 0) is 55.4 Å². The Kier molecular flexibility index (Phi) is 5.50. The molecular formula is C23H28N4O4S. The highest BCUT2D eigenvalue weighted by atomic mass is 32.2. The number of fused-ring (bicyclic) bond motifs is 4. The molecule has 1 amide bonds. The normalized spacial score (nSPS) is 16.0. The minimum absolute atomic E-state index is 0.0242. The molecule has 9 heteroatoms. The Morgan fingerprint density at radius 3 is 2.41 bits per heavy atom. The van der Waals surface area contributed by atoms with Crippen molar-refractivity contribution in [2.24, 2.45) is 7.05 Å². The SMILES string of the molecule is CNC(=O)c1cc2c(nc(C)n2C)c2c1CCC1(Cc3ccccc3C1)N2.CS(=O)(=O)O. The predicted octanol–water partition coefficient (Wildman–Crippen LogP) is 2.64. The van der Waals surface area contributed by atoms with Crippen LogP contribution in [0.1, 0.15) is 39.3 Å². The van der Waals surface area contributed by atoms with Gasteiger partial charge in [0, 0.05) is 25.2 Å². The lowest BCUT2D eigenvalue weighted by Crippen LogP contribution is -2.43. The van der Waals surface area contributed by atoms with Crippen LogP contribution in [0.5, 0.6) is 0 Å². The van der Waals surface area contributed by atoms with E-state index in [2.05, 4.69) is 39.5 Å². The summed E-state index contributed by atoms with van der Waals surface area (Å²) in [5.74, 6) is 0.928. The molecule has 0 unspecified atom stereocenters. The zero-order valence-corrected chi connectivity index (χ0v) is 19.5. The molecule has 1 aliphatic heterocycles. The second kappa shape index (κ2) is 7.90. The van der Waals surface area contributed by atoms with Gasteiger partial charge in [-0.15, -0.1) is 0 Å². The van der Waals surface area contributed by atoms with Crippen molar-refractivity contribution >= 4 is 32.7 Å². The van der Waals surface area contributed by atoms with E-state index in [1.807, 2.05) is 20.0 Å². The lowest BCUT2D eigenvalue weighted by molar-refractivity contribution is 0.0962. The van der Waals surface area contributed by atoms with Crippen LogP contribution in [0, 0.1) is 6.92 Å². The van der Waals surface area contributed by atoms with Gasteiger partial charge in [0.15, 0.2) is 0 Å². The number of carbonyl (C=O) groups excluding carboxylic acids is 1. The number of rotatable bonds is 1. The van der Waals surface area contributed by atoms with Crippen molar-refractivity contribution in [3.05, 3.63) is 58.4 Å². The number of hydrogen-bond acceptors (Lipinski definition) is 5. The van der Waals surface area contributed by atoms with Gasteiger partial charge < -0.3 is 15.2 Å². The van der Waals surface area contributed by atoms with E-state index in [-0.39, 0.29) is 11.4 Å². The summed E-state index contributed by atoms with van der Waals surface area (Å²) in [7, 11) is 0.0352. The largest absolute Gasteiger partial charge is 0.377 e. The standard InChI is InChI=1S/C22H24N4O.CH4O3S/c1-13-24-20-18(26(13)3)10-17(21(27)23-2)16-8-9-22(25-19(16)20)11-14-6-4-5-7-15(14)12-22;1-5(2,3)4/h4-7,10,25H,8-9,11-12H2,1-3H3,(H,23,27);1H3,(H,2,3,4). The quantitative estimate of drug-likeness (QED) is 0.485. The molecule has 0 atom stereocenters. The van der Waals surface area contributed by atoms with E-state index in [1.54, 1.807) is 7.05 Å². The number of carbonyl (C=O) groups is 1. The first kappa shape index (κ1) is 22.3. The van der Waals surface area contributed by atoms with E-state index in [4.69, 9.17) is 9.54 Å². The molecule has 8 nitrogen and oxygen atoms in total. The lowest BCUT2D eigenvalue weighted by atomic mass is 9.82. The second-order valence-electron chi connectivity index (χ2n) is 8.70. The fourth-order valence-corrected chi connectivity index (χ4v) is 4.86. The molecule has 3 aromatic rings. The zero-order valence-electron chi connectivity index (χ0n) is 18.7. The summed E-state index contributed by atoms with van der Waals surface area (Å²) in [6.45, 7) is 2.01. The third-order valence-electron chi connectivity index (χ3n) is 6.40. The molecule has 2 heterocycles. The molecule has 170 valence electrons. The van der Waals surface area contributed by atoms with Gasteiger partial charge in [-0.1, -0.05) is 24.3 Å². The van der Waals surface area contributed by atoms with Crippen molar-refractivity contribution in [1.82, 2.24) is 14.9 Å². The Balaban J connectivity index is 0.000000444. The molecule has 2 aliphatic rings. The van der Waals surface area contributed by atoms with E-state index in [0.717, 1.165) is 59.4 Å². The molecule has 2 aromatic carbocycles. The fourth-order valence-electron chi connectivity index (χ4n) is 4.86. The summed E-state index contributed by atoms with van der Waals surface area (Å²) in [5, 5.41) is 6.67. The maximum absolute atomic E-state index is 12.6. The zero-order chi connectivity index (χ0) is 23.3. The van der Waals surface area contributed by atoms with Crippen LogP contribution in [0.4, 0.5) is 5.69 Å². The molecule has 1 aromatic heterocycles. The Bertz CT molecular complexity index is 1290. The van der Waals surface area contributed by atoms with Crippen LogP contribution >= 0.6 is 0 Å². The number of nitrogens with zero attached hydrogens (tertiary/aromatic N) is 2. The first-order valence-corrected chi connectivity index (χ1v) is 12.3. The number of aromatic nitrogens is 2. The van der Waals surface area contributed by atoms with Gasteiger partial charge in [0.2, 0.25) is 0 Å². The third kappa shape index (κ3) is 4.10. The van der Waals surface area contributed by atoms with Crippen molar-refractivity contribution in [2.75, 3.05) is 18.6 Å². The molecule has 32 heavy (non-hydrogen) atoms. The van der Waals surface area contributed by atoms with Crippen molar-refractivity contribution in [1.29, 1.82) is 0 Å². The molecule has 0 saturated carbocycles. The van der Waals surface area contributed by atoms with Gasteiger partial charge in [-0.3, -0.25) is 9.35 Å². The molecular weight excluding hydrogens is 428 g/mol. The number of imidazole rings is 1. The second-order valence-corrected chi connectivity index (χ2v) is 10.2. The van der Waals surface area contributed by atoms with Crippen LogP contribution in [0.15, 0.2) is 30.3 Å². The van der Waals surface area contributed by atoms with Crippen LogP contribution in [0.25, 0.3) is 11.0 Å². The van der Waals surface area contributed by atoms with Crippen molar-refractivity contribution < 1.29 is 17.8 Å². The summed E-state index contributed by atoms with van der Waals surface area (Å²) in [5.41, 5.74) is 7.79. The fraction of sp³-hybridized carbons (Fsp3) is 0.391. The number of anilines is 1. The minimum atomic E-state index is -3.67. The molecule has 3 N–H and O–H groups in total. The maximum atomic E-state index is 12.6. The monoisotopic (exact) mass is 456 g/mol. The highest BCUT2D eigenvalue weighted by molar-refractivity contribution is 7.85. The van der Waals surface area contributed by atoms with Crippen LogP contribution in [-0.4, -0.2) is 47.3 Å². The maximum Gasteiger partial charge on any atom is 0.261 e. The van der Waals surface area contributed by atoms with Crippen LogP contribution in [-0.2, 0) is 36.4 Å². The van der Waals surface area contributed by atoms with E-state index in [0.29, 0.717) is 6.26 Å². The number of hydrogen-bond donors (Lipinski definition) is 3. The van der Waals surface area contributed by atoms with Crippen LogP contribution in [0.3, 0.4) is 0 Å². The average Bonchev–Trinajstić information content (AvgIpc) is 3.22. The number of benzene rings is 2. The van der Waals surface area contributed by atoms with E-state index >= 15 is 0 Å². The first-order valence-electron chi connectivity index (χ1n) is 10.5. The van der Waals surface area contributed by atoms with Gasteiger partial charge in [-0.25, -0.2) is 4.98 Å². The summed E-state index contributed by atoms with van der Waals surface area (Å²) in [6.07, 6.45) is 4.69. The molecule has 1 spiro atoms. The highest BCUT2D eigenvalue weighted by Gasteiger charge is 2.41. The summed E-state index contributed by atoms with van der Waals surface area (Å²) < 4.78 is 27.9.